The summed E-state index contributed by atoms with van der Waals surface area (Å²) in [6.45, 7) is 4.10. The number of benzene rings is 1. The Morgan fingerprint density at radius 3 is 2.69 bits per heavy atom. The van der Waals surface area contributed by atoms with Gasteiger partial charge < -0.3 is 15.3 Å². The normalized spacial score (nSPS) is 25.8. The number of piperazine rings is 1. The fourth-order valence-electron chi connectivity index (χ4n) is 2.15. The lowest BCUT2D eigenvalue weighted by Gasteiger charge is -2.38. The molecule has 1 aliphatic rings. The molecule has 1 aromatic rings. The summed E-state index contributed by atoms with van der Waals surface area (Å²) in [6, 6.07) is 8.39. The van der Waals surface area contributed by atoms with Crippen molar-refractivity contribution in [1.82, 2.24) is 5.32 Å². The van der Waals surface area contributed by atoms with Crippen LogP contribution in [0.4, 0.5) is 5.69 Å². The van der Waals surface area contributed by atoms with Crippen molar-refractivity contribution in [2.45, 2.75) is 19.0 Å². The van der Waals surface area contributed by atoms with E-state index in [1.165, 1.54) is 0 Å². The molecule has 88 valence electrons. The first kappa shape index (κ1) is 11.7. The second-order valence-electron chi connectivity index (χ2n) is 4.33. The highest BCUT2D eigenvalue weighted by molar-refractivity contribution is 6.30. The smallest absolute Gasteiger partial charge is 0.0602 e. The highest BCUT2D eigenvalue weighted by Crippen LogP contribution is 2.20. The number of rotatable bonds is 2. The number of aliphatic hydroxyl groups excluding tert-OH is 1. The molecule has 2 rings (SSSR count). The van der Waals surface area contributed by atoms with Crippen LogP contribution in [0, 0.1) is 0 Å². The summed E-state index contributed by atoms with van der Waals surface area (Å²) in [7, 11) is 0. The minimum atomic E-state index is 0.152. The van der Waals surface area contributed by atoms with Gasteiger partial charge >= 0.3 is 0 Å². The molecule has 2 atom stereocenters. The van der Waals surface area contributed by atoms with E-state index in [-0.39, 0.29) is 12.6 Å². The number of hydrogen-bond donors (Lipinski definition) is 2. The van der Waals surface area contributed by atoms with Crippen molar-refractivity contribution >= 4 is 17.3 Å². The van der Waals surface area contributed by atoms with Crippen LogP contribution in [0.25, 0.3) is 0 Å². The average molecular weight is 241 g/mol. The fraction of sp³-hybridized carbons (Fsp3) is 0.500. The SMILES string of the molecule is CC1CN(c2ccc(Cl)cc2)CC(CO)N1. The van der Waals surface area contributed by atoms with Crippen LogP contribution in [-0.2, 0) is 0 Å². The maximum absolute atomic E-state index is 9.21. The summed E-state index contributed by atoms with van der Waals surface area (Å²) in [5.41, 5.74) is 1.16. The average Bonchev–Trinajstić information content (AvgIpc) is 2.29. The summed E-state index contributed by atoms with van der Waals surface area (Å²) in [5.74, 6) is 0. The highest BCUT2D eigenvalue weighted by Gasteiger charge is 2.23. The molecular weight excluding hydrogens is 224 g/mol. The number of anilines is 1. The van der Waals surface area contributed by atoms with E-state index in [1.807, 2.05) is 24.3 Å². The quantitative estimate of drug-likeness (QED) is 0.823. The Labute approximate surface area is 101 Å². The first-order valence-electron chi connectivity index (χ1n) is 5.56. The summed E-state index contributed by atoms with van der Waals surface area (Å²) in [4.78, 5) is 2.28. The van der Waals surface area contributed by atoms with Crippen molar-refractivity contribution in [3.63, 3.8) is 0 Å². The Balaban J connectivity index is 2.11. The molecule has 3 nitrogen and oxygen atoms in total. The molecule has 0 aromatic heterocycles. The summed E-state index contributed by atoms with van der Waals surface area (Å²) in [5, 5.41) is 13.3. The van der Waals surface area contributed by atoms with Gasteiger partial charge in [-0.2, -0.15) is 0 Å². The van der Waals surface area contributed by atoms with E-state index in [2.05, 4.69) is 17.1 Å². The Bertz CT molecular complexity index is 341. The third-order valence-corrected chi connectivity index (χ3v) is 3.12. The Morgan fingerprint density at radius 2 is 2.06 bits per heavy atom. The molecule has 1 aromatic carbocycles. The number of halogens is 1. The zero-order valence-electron chi connectivity index (χ0n) is 9.36. The second kappa shape index (κ2) is 5.04. The summed E-state index contributed by atoms with van der Waals surface area (Å²) >= 11 is 5.86. The van der Waals surface area contributed by atoms with Crippen LogP contribution >= 0.6 is 11.6 Å². The first-order chi connectivity index (χ1) is 7.69. The summed E-state index contributed by atoms with van der Waals surface area (Å²) in [6.07, 6.45) is 0. The number of hydrogen-bond acceptors (Lipinski definition) is 3. The molecule has 0 saturated carbocycles. The van der Waals surface area contributed by atoms with Crippen molar-refractivity contribution in [3.05, 3.63) is 29.3 Å². The first-order valence-corrected chi connectivity index (χ1v) is 5.94. The van der Waals surface area contributed by atoms with Gasteiger partial charge in [-0.3, -0.25) is 0 Å². The Morgan fingerprint density at radius 1 is 1.38 bits per heavy atom. The number of nitrogens with zero attached hydrogens (tertiary/aromatic N) is 1. The highest BCUT2D eigenvalue weighted by atomic mass is 35.5. The maximum atomic E-state index is 9.21. The molecule has 1 saturated heterocycles. The minimum absolute atomic E-state index is 0.152. The van der Waals surface area contributed by atoms with E-state index < -0.39 is 0 Å². The topological polar surface area (TPSA) is 35.5 Å². The number of nitrogens with one attached hydrogen (secondary N) is 1. The van der Waals surface area contributed by atoms with Gasteiger partial charge in [-0.1, -0.05) is 11.6 Å². The zero-order chi connectivity index (χ0) is 11.5. The van der Waals surface area contributed by atoms with E-state index in [4.69, 9.17) is 11.6 Å². The molecular formula is C12H17ClN2O. The van der Waals surface area contributed by atoms with Crippen LogP contribution in [0.3, 0.4) is 0 Å². The standard InChI is InChI=1S/C12H17ClN2O/c1-9-6-15(7-11(8-16)14-9)12-4-2-10(13)3-5-12/h2-5,9,11,14,16H,6-8H2,1H3. The lowest BCUT2D eigenvalue weighted by Crippen LogP contribution is -2.56. The van der Waals surface area contributed by atoms with Crippen LogP contribution in [0.1, 0.15) is 6.92 Å². The van der Waals surface area contributed by atoms with Crippen molar-refractivity contribution in [2.75, 3.05) is 24.6 Å². The van der Waals surface area contributed by atoms with Gasteiger partial charge in [-0.05, 0) is 31.2 Å². The van der Waals surface area contributed by atoms with E-state index >= 15 is 0 Å². The lowest BCUT2D eigenvalue weighted by molar-refractivity contribution is 0.221. The van der Waals surface area contributed by atoms with Crippen LogP contribution in [0.5, 0.6) is 0 Å². The molecule has 2 unspecified atom stereocenters. The zero-order valence-corrected chi connectivity index (χ0v) is 10.1. The van der Waals surface area contributed by atoms with Crippen LogP contribution in [0.2, 0.25) is 5.02 Å². The van der Waals surface area contributed by atoms with Gasteiger partial charge in [0.2, 0.25) is 0 Å². The fourth-order valence-corrected chi connectivity index (χ4v) is 2.28. The third kappa shape index (κ3) is 2.67. The van der Waals surface area contributed by atoms with Gasteiger partial charge in [0.15, 0.2) is 0 Å². The predicted molar refractivity (Wildman–Crippen MR) is 67.1 cm³/mol. The second-order valence-corrected chi connectivity index (χ2v) is 4.77. The van der Waals surface area contributed by atoms with Crippen LogP contribution < -0.4 is 10.2 Å². The van der Waals surface area contributed by atoms with E-state index in [9.17, 15) is 5.11 Å². The van der Waals surface area contributed by atoms with Crippen LogP contribution in [-0.4, -0.2) is 36.9 Å². The predicted octanol–water partition coefficient (Wildman–Crippen LogP) is 1.50. The maximum Gasteiger partial charge on any atom is 0.0602 e. The third-order valence-electron chi connectivity index (χ3n) is 2.87. The van der Waals surface area contributed by atoms with Crippen molar-refractivity contribution < 1.29 is 5.11 Å². The molecule has 0 spiro atoms. The van der Waals surface area contributed by atoms with E-state index in [0.717, 1.165) is 23.8 Å². The van der Waals surface area contributed by atoms with Crippen LogP contribution in [0.15, 0.2) is 24.3 Å². The molecule has 0 radical (unpaired) electrons. The van der Waals surface area contributed by atoms with Gasteiger partial charge in [0, 0.05) is 35.9 Å². The Hall–Kier alpha value is -0.770. The molecule has 0 amide bonds. The molecule has 4 heteroatoms. The Kier molecular flexibility index (Phi) is 3.69. The van der Waals surface area contributed by atoms with E-state index in [0.29, 0.717) is 6.04 Å². The van der Waals surface area contributed by atoms with Gasteiger partial charge in [0.1, 0.15) is 0 Å². The van der Waals surface area contributed by atoms with Gasteiger partial charge in [0.25, 0.3) is 0 Å². The van der Waals surface area contributed by atoms with Gasteiger partial charge in [0.05, 0.1) is 6.61 Å². The molecule has 0 aliphatic carbocycles. The van der Waals surface area contributed by atoms with Crippen molar-refractivity contribution in [2.24, 2.45) is 0 Å². The molecule has 1 fully saturated rings. The molecule has 1 heterocycles. The number of aliphatic hydroxyl groups is 1. The summed E-state index contributed by atoms with van der Waals surface area (Å²) < 4.78 is 0. The van der Waals surface area contributed by atoms with Crippen molar-refractivity contribution in [1.29, 1.82) is 0 Å². The van der Waals surface area contributed by atoms with Crippen molar-refractivity contribution in [3.8, 4) is 0 Å². The molecule has 0 bridgehead atoms. The lowest BCUT2D eigenvalue weighted by atomic mass is 10.1. The minimum Gasteiger partial charge on any atom is -0.395 e. The largest absolute Gasteiger partial charge is 0.395 e. The molecule has 16 heavy (non-hydrogen) atoms. The van der Waals surface area contributed by atoms with E-state index in [1.54, 1.807) is 0 Å². The van der Waals surface area contributed by atoms with Gasteiger partial charge in [-0.25, -0.2) is 0 Å². The molecule has 2 N–H and O–H groups in total. The molecule has 1 aliphatic heterocycles. The monoisotopic (exact) mass is 240 g/mol. The van der Waals surface area contributed by atoms with Gasteiger partial charge in [-0.15, -0.1) is 0 Å².